The summed E-state index contributed by atoms with van der Waals surface area (Å²) < 4.78 is 5.58. The van der Waals surface area contributed by atoms with Gasteiger partial charge in [-0.15, -0.1) is 5.10 Å². The minimum absolute atomic E-state index is 0.0380. The molecule has 1 aliphatic heterocycles. The Balaban J connectivity index is 1.74. The lowest BCUT2D eigenvalue weighted by Crippen LogP contribution is -2.25. The number of hydrogen-bond acceptors (Lipinski definition) is 5. The van der Waals surface area contributed by atoms with Crippen LogP contribution in [-0.2, 0) is 4.79 Å². The number of carbonyl (C=O) groups excluding carboxylic acids is 1. The number of aryl methyl sites for hydroxylation is 1. The van der Waals surface area contributed by atoms with Crippen molar-refractivity contribution >= 4 is 34.9 Å². The van der Waals surface area contributed by atoms with E-state index >= 15 is 0 Å². The molecule has 7 heteroatoms. The Morgan fingerprint density at radius 1 is 1.12 bits per heavy atom. The van der Waals surface area contributed by atoms with Crippen LogP contribution in [0, 0.1) is 6.92 Å². The molecule has 0 radical (unpaired) electrons. The average Bonchev–Trinajstić information content (AvgIpc) is 3.15. The zero-order valence-corrected chi connectivity index (χ0v) is 14.3. The average molecular weight is 353 g/mol. The van der Waals surface area contributed by atoms with E-state index in [0.29, 0.717) is 16.6 Å². The van der Waals surface area contributed by atoms with Crippen molar-refractivity contribution < 1.29 is 9.21 Å². The van der Waals surface area contributed by atoms with Gasteiger partial charge in [-0.05, 0) is 43.3 Å². The van der Waals surface area contributed by atoms with Crippen LogP contribution in [-0.4, -0.2) is 28.9 Å². The van der Waals surface area contributed by atoms with Gasteiger partial charge < -0.3 is 9.32 Å². The standard InChI is InChI=1S/C18H13ClN4O2/c1-10-3-8-14-13(9-10)15(17(24)23(14)2)20-18-22-21-16(25-18)11-4-6-12(19)7-5-11/h3-9H,1-2H3/b20-15+. The Bertz CT molecular complexity index is 1010. The maximum atomic E-state index is 12.5. The molecule has 0 bridgehead atoms. The van der Waals surface area contributed by atoms with Gasteiger partial charge >= 0.3 is 6.01 Å². The molecule has 1 aromatic heterocycles. The van der Waals surface area contributed by atoms with Crippen molar-refractivity contribution in [3.8, 4) is 11.5 Å². The molecule has 0 atom stereocenters. The number of hydrogen-bond donors (Lipinski definition) is 0. The molecule has 0 unspecified atom stereocenters. The van der Waals surface area contributed by atoms with Crippen molar-refractivity contribution in [1.82, 2.24) is 10.2 Å². The van der Waals surface area contributed by atoms with Crippen molar-refractivity contribution in [2.24, 2.45) is 4.99 Å². The first-order valence-corrected chi connectivity index (χ1v) is 7.98. The lowest BCUT2D eigenvalue weighted by atomic mass is 10.1. The minimum atomic E-state index is -0.202. The highest BCUT2D eigenvalue weighted by atomic mass is 35.5. The molecule has 4 rings (SSSR count). The first-order valence-electron chi connectivity index (χ1n) is 7.60. The third kappa shape index (κ3) is 2.70. The van der Waals surface area contributed by atoms with E-state index < -0.39 is 0 Å². The van der Waals surface area contributed by atoms with Crippen LogP contribution in [0.25, 0.3) is 11.5 Å². The summed E-state index contributed by atoms with van der Waals surface area (Å²) in [5.41, 5.74) is 3.65. The predicted octanol–water partition coefficient (Wildman–Crippen LogP) is 3.80. The Hall–Kier alpha value is -2.99. The fraction of sp³-hybridized carbons (Fsp3) is 0.111. The third-order valence-corrected chi connectivity index (χ3v) is 4.24. The second-order valence-electron chi connectivity index (χ2n) is 5.74. The van der Waals surface area contributed by atoms with Crippen molar-refractivity contribution in [1.29, 1.82) is 0 Å². The van der Waals surface area contributed by atoms with Gasteiger partial charge in [-0.1, -0.05) is 28.3 Å². The second kappa shape index (κ2) is 5.82. The summed E-state index contributed by atoms with van der Waals surface area (Å²) in [6, 6.07) is 12.8. The molecule has 0 spiro atoms. The molecule has 6 nitrogen and oxygen atoms in total. The number of fused-ring (bicyclic) bond motifs is 1. The van der Waals surface area contributed by atoms with Crippen LogP contribution in [0.4, 0.5) is 11.7 Å². The van der Waals surface area contributed by atoms with E-state index in [9.17, 15) is 4.79 Å². The Morgan fingerprint density at radius 3 is 2.64 bits per heavy atom. The highest BCUT2D eigenvalue weighted by Crippen LogP contribution is 2.31. The first kappa shape index (κ1) is 15.5. The van der Waals surface area contributed by atoms with E-state index in [1.54, 1.807) is 36.2 Å². The summed E-state index contributed by atoms with van der Waals surface area (Å²) in [5, 5.41) is 8.53. The molecular formula is C18H13ClN4O2. The summed E-state index contributed by atoms with van der Waals surface area (Å²) in [4.78, 5) is 18.3. The lowest BCUT2D eigenvalue weighted by Gasteiger charge is -2.08. The van der Waals surface area contributed by atoms with Gasteiger partial charge in [0, 0.05) is 23.2 Å². The number of benzene rings is 2. The van der Waals surface area contributed by atoms with Crippen LogP contribution in [0.5, 0.6) is 0 Å². The second-order valence-corrected chi connectivity index (χ2v) is 6.18. The van der Waals surface area contributed by atoms with E-state index in [1.165, 1.54) is 0 Å². The van der Waals surface area contributed by atoms with Gasteiger partial charge in [-0.3, -0.25) is 4.79 Å². The van der Waals surface area contributed by atoms with Gasteiger partial charge in [0.25, 0.3) is 5.91 Å². The van der Waals surface area contributed by atoms with Crippen LogP contribution < -0.4 is 4.90 Å². The molecule has 1 amide bonds. The lowest BCUT2D eigenvalue weighted by molar-refractivity contribution is -0.111. The minimum Gasteiger partial charge on any atom is -0.402 e. The largest absolute Gasteiger partial charge is 0.402 e. The van der Waals surface area contributed by atoms with Crippen molar-refractivity contribution in [2.45, 2.75) is 6.92 Å². The topological polar surface area (TPSA) is 71.6 Å². The number of aliphatic imine (C=N–C) groups is 1. The Morgan fingerprint density at radius 2 is 1.88 bits per heavy atom. The van der Waals surface area contributed by atoms with Gasteiger partial charge in [0.15, 0.2) is 0 Å². The molecular weight excluding hydrogens is 340 g/mol. The fourth-order valence-corrected chi connectivity index (χ4v) is 2.81. The maximum absolute atomic E-state index is 12.5. The predicted molar refractivity (Wildman–Crippen MR) is 95.5 cm³/mol. The van der Waals surface area contributed by atoms with E-state index in [2.05, 4.69) is 15.2 Å². The van der Waals surface area contributed by atoms with Crippen LogP contribution in [0.3, 0.4) is 0 Å². The van der Waals surface area contributed by atoms with Crippen molar-refractivity contribution in [2.75, 3.05) is 11.9 Å². The zero-order valence-electron chi connectivity index (χ0n) is 13.5. The molecule has 1 aliphatic rings. The van der Waals surface area contributed by atoms with Crippen molar-refractivity contribution in [3.05, 3.63) is 58.6 Å². The number of likely N-dealkylation sites (N-methyl/N-ethyl adjacent to an activating group) is 1. The number of anilines is 1. The maximum Gasteiger partial charge on any atom is 0.343 e. The Labute approximate surface area is 148 Å². The van der Waals surface area contributed by atoms with Crippen LogP contribution in [0.2, 0.25) is 5.02 Å². The molecule has 3 aromatic rings. The number of halogens is 1. The molecule has 2 aromatic carbocycles. The van der Waals surface area contributed by atoms with Crippen LogP contribution in [0.1, 0.15) is 11.1 Å². The van der Waals surface area contributed by atoms with Gasteiger partial charge in [0.1, 0.15) is 5.71 Å². The van der Waals surface area contributed by atoms with Crippen LogP contribution in [0.15, 0.2) is 51.9 Å². The van der Waals surface area contributed by atoms with E-state index in [-0.39, 0.29) is 11.9 Å². The molecule has 124 valence electrons. The van der Waals surface area contributed by atoms with Gasteiger partial charge in [-0.2, -0.15) is 4.99 Å². The van der Waals surface area contributed by atoms with Gasteiger partial charge in [-0.25, -0.2) is 0 Å². The normalized spacial score (nSPS) is 15.1. The highest BCUT2D eigenvalue weighted by molar-refractivity contribution is 6.54. The zero-order chi connectivity index (χ0) is 17.6. The number of nitrogens with zero attached hydrogens (tertiary/aromatic N) is 4. The molecule has 25 heavy (non-hydrogen) atoms. The summed E-state index contributed by atoms with van der Waals surface area (Å²) in [6.45, 7) is 1.96. The first-order chi connectivity index (χ1) is 12.0. The van der Waals surface area contributed by atoms with Gasteiger partial charge in [0.05, 0.1) is 5.69 Å². The molecule has 0 fully saturated rings. The third-order valence-electron chi connectivity index (χ3n) is 3.99. The number of aromatic nitrogens is 2. The smallest absolute Gasteiger partial charge is 0.343 e. The number of carbonyl (C=O) groups is 1. The number of rotatable bonds is 2. The number of amides is 1. The SMILES string of the molecule is Cc1ccc2c(c1)/C(=N\c1nnc(-c3ccc(Cl)cc3)o1)C(=O)N2C. The van der Waals surface area contributed by atoms with Crippen LogP contribution >= 0.6 is 11.6 Å². The summed E-state index contributed by atoms with van der Waals surface area (Å²) in [5.74, 6) is 0.117. The van der Waals surface area contributed by atoms with E-state index in [4.69, 9.17) is 16.0 Å². The highest BCUT2D eigenvalue weighted by Gasteiger charge is 2.32. The van der Waals surface area contributed by atoms with Crippen molar-refractivity contribution in [3.63, 3.8) is 0 Å². The van der Waals surface area contributed by atoms with Gasteiger partial charge in [0.2, 0.25) is 5.89 Å². The van der Waals surface area contributed by atoms with E-state index in [1.807, 2.05) is 25.1 Å². The van der Waals surface area contributed by atoms with E-state index in [0.717, 1.165) is 22.4 Å². The molecule has 2 heterocycles. The molecule has 0 saturated heterocycles. The summed E-state index contributed by atoms with van der Waals surface area (Å²) in [6.07, 6.45) is 0. The summed E-state index contributed by atoms with van der Waals surface area (Å²) in [7, 11) is 1.71. The molecule has 0 saturated carbocycles. The quantitative estimate of drug-likeness (QED) is 0.703. The monoisotopic (exact) mass is 352 g/mol. The summed E-state index contributed by atoms with van der Waals surface area (Å²) >= 11 is 5.88. The fourth-order valence-electron chi connectivity index (χ4n) is 2.69. The Kier molecular flexibility index (Phi) is 3.62. The molecule has 0 N–H and O–H groups in total. The molecule has 0 aliphatic carbocycles.